The van der Waals surface area contributed by atoms with E-state index in [2.05, 4.69) is 0 Å². The van der Waals surface area contributed by atoms with E-state index in [9.17, 15) is 14.4 Å². The molecule has 2 N–H and O–H groups in total. The highest BCUT2D eigenvalue weighted by molar-refractivity contribution is 5.99. The van der Waals surface area contributed by atoms with Crippen molar-refractivity contribution >= 4 is 17.7 Å². The maximum absolute atomic E-state index is 12.5. The minimum Gasteiger partial charge on any atom is -0.366 e. The van der Waals surface area contributed by atoms with Crippen molar-refractivity contribution in [2.45, 2.75) is 20.8 Å². The van der Waals surface area contributed by atoms with Crippen LogP contribution in [0.3, 0.4) is 0 Å². The fraction of sp³-hybridized carbons (Fsp3) is 0.471. The molecule has 124 valence electrons. The third-order valence-corrected chi connectivity index (χ3v) is 3.89. The molecule has 1 aliphatic heterocycles. The molecule has 0 atom stereocenters. The highest BCUT2D eigenvalue weighted by atomic mass is 16.2. The Bertz CT molecular complexity index is 626. The number of nitrogens with two attached hydrogens (primary N) is 1. The van der Waals surface area contributed by atoms with E-state index >= 15 is 0 Å². The second-order valence-corrected chi connectivity index (χ2v) is 6.78. The predicted molar refractivity (Wildman–Crippen MR) is 86.9 cm³/mol. The van der Waals surface area contributed by atoms with Crippen molar-refractivity contribution in [3.63, 3.8) is 0 Å². The van der Waals surface area contributed by atoms with Gasteiger partial charge in [-0.15, -0.1) is 0 Å². The number of primary amides is 1. The molecular weight excluding hydrogens is 294 g/mol. The van der Waals surface area contributed by atoms with Gasteiger partial charge in [0.2, 0.25) is 11.8 Å². The molecule has 0 spiro atoms. The highest BCUT2D eigenvalue weighted by Gasteiger charge is 2.31. The molecule has 0 aliphatic carbocycles. The molecule has 1 fully saturated rings. The average Bonchev–Trinajstić information content (AvgIpc) is 2.53. The molecular formula is C17H23N3O3. The van der Waals surface area contributed by atoms with Gasteiger partial charge in [0.1, 0.15) is 0 Å². The van der Waals surface area contributed by atoms with Crippen molar-refractivity contribution in [1.29, 1.82) is 0 Å². The zero-order chi connectivity index (χ0) is 17.2. The summed E-state index contributed by atoms with van der Waals surface area (Å²) in [5.74, 6) is -0.600. The first kappa shape index (κ1) is 17.0. The molecule has 0 aromatic heterocycles. The fourth-order valence-corrected chi connectivity index (χ4v) is 2.58. The first-order valence-electron chi connectivity index (χ1n) is 7.68. The van der Waals surface area contributed by atoms with Gasteiger partial charge in [-0.05, 0) is 18.2 Å². The number of rotatable bonds is 2. The van der Waals surface area contributed by atoms with E-state index in [1.807, 2.05) is 20.8 Å². The Labute approximate surface area is 136 Å². The van der Waals surface area contributed by atoms with Crippen LogP contribution in [-0.4, -0.2) is 53.7 Å². The van der Waals surface area contributed by atoms with Gasteiger partial charge in [-0.3, -0.25) is 14.4 Å². The first-order valence-corrected chi connectivity index (χ1v) is 7.68. The molecule has 3 amide bonds. The molecule has 1 aromatic carbocycles. The lowest BCUT2D eigenvalue weighted by atomic mass is 9.94. The molecule has 6 heteroatoms. The van der Waals surface area contributed by atoms with E-state index in [4.69, 9.17) is 5.73 Å². The lowest BCUT2D eigenvalue weighted by Gasteiger charge is -2.37. The average molecular weight is 317 g/mol. The minimum atomic E-state index is -0.555. The van der Waals surface area contributed by atoms with E-state index in [1.54, 1.807) is 28.0 Å². The van der Waals surface area contributed by atoms with Crippen molar-refractivity contribution < 1.29 is 14.4 Å². The van der Waals surface area contributed by atoms with Crippen molar-refractivity contribution in [1.82, 2.24) is 9.80 Å². The Hall–Kier alpha value is -2.37. The van der Waals surface area contributed by atoms with Gasteiger partial charge in [0.25, 0.3) is 5.91 Å². The summed E-state index contributed by atoms with van der Waals surface area (Å²) in [5.41, 5.74) is 5.59. The highest BCUT2D eigenvalue weighted by Crippen LogP contribution is 2.19. The Morgan fingerprint density at radius 3 is 2.00 bits per heavy atom. The number of carbonyl (C=O) groups excluding carboxylic acids is 3. The number of amides is 3. The zero-order valence-electron chi connectivity index (χ0n) is 13.8. The topological polar surface area (TPSA) is 83.7 Å². The van der Waals surface area contributed by atoms with Crippen LogP contribution in [0.5, 0.6) is 0 Å². The van der Waals surface area contributed by atoms with Crippen LogP contribution < -0.4 is 5.73 Å². The minimum absolute atomic E-state index is 0.0975. The summed E-state index contributed by atoms with van der Waals surface area (Å²) < 4.78 is 0. The SMILES string of the molecule is CC(C)(C)C(=O)N1CCN(C(=O)c2cccc(C(N)=O)c2)CC1. The fourth-order valence-electron chi connectivity index (χ4n) is 2.58. The van der Waals surface area contributed by atoms with Crippen LogP contribution >= 0.6 is 0 Å². The third-order valence-electron chi connectivity index (χ3n) is 3.89. The standard InChI is InChI=1S/C17H23N3O3/c1-17(2,3)16(23)20-9-7-19(8-10-20)15(22)13-6-4-5-12(11-13)14(18)21/h4-6,11H,7-10H2,1-3H3,(H2,18,21). The molecule has 1 heterocycles. The number of benzene rings is 1. The summed E-state index contributed by atoms with van der Waals surface area (Å²) in [6.45, 7) is 7.70. The smallest absolute Gasteiger partial charge is 0.253 e. The normalized spacial score (nSPS) is 15.4. The quantitative estimate of drug-likeness (QED) is 0.887. The van der Waals surface area contributed by atoms with E-state index in [0.717, 1.165) is 0 Å². The Morgan fingerprint density at radius 2 is 1.48 bits per heavy atom. The summed E-state index contributed by atoms with van der Waals surface area (Å²) in [6.07, 6.45) is 0. The monoisotopic (exact) mass is 317 g/mol. The number of hydrogen-bond acceptors (Lipinski definition) is 3. The Morgan fingerprint density at radius 1 is 0.957 bits per heavy atom. The van der Waals surface area contributed by atoms with Gasteiger partial charge in [0.15, 0.2) is 0 Å². The Balaban J connectivity index is 2.03. The largest absolute Gasteiger partial charge is 0.366 e. The van der Waals surface area contributed by atoms with Crippen LogP contribution in [0.15, 0.2) is 24.3 Å². The van der Waals surface area contributed by atoms with E-state index in [0.29, 0.717) is 37.3 Å². The number of piperazine rings is 1. The molecule has 0 saturated carbocycles. The summed E-state index contributed by atoms with van der Waals surface area (Å²) in [7, 11) is 0. The molecule has 23 heavy (non-hydrogen) atoms. The lowest BCUT2D eigenvalue weighted by molar-refractivity contribution is -0.140. The lowest BCUT2D eigenvalue weighted by Crippen LogP contribution is -2.53. The molecule has 2 rings (SSSR count). The summed E-state index contributed by atoms with van der Waals surface area (Å²) in [6, 6.07) is 6.41. The molecule has 6 nitrogen and oxygen atoms in total. The zero-order valence-corrected chi connectivity index (χ0v) is 13.8. The number of carbonyl (C=O) groups is 3. The third kappa shape index (κ3) is 3.88. The Kier molecular flexibility index (Phi) is 4.73. The van der Waals surface area contributed by atoms with Gasteiger partial charge < -0.3 is 15.5 Å². The van der Waals surface area contributed by atoms with Crippen molar-refractivity contribution in [3.05, 3.63) is 35.4 Å². The van der Waals surface area contributed by atoms with Gasteiger partial charge in [-0.25, -0.2) is 0 Å². The van der Waals surface area contributed by atoms with E-state index in [1.165, 1.54) is 6.07 Å². The second kappa shape index (κ2) is 6.40. The summed E-state index contributed by atoms with van der Waals surface area (Å²) in [5, 5.41) is 0. The van der Waals surface area contributed by atoms with Gasteiger partial charge >= 0.3 is 0 Å². The van der Waals surface area contributed by atoms with E-state index < -0.39 is 11.3 Å². The molecule has 0 bridgehead atoms. The molecule has 0 unspecified atom stereocenters. The second-order valence-electron chi connectivity index (χ2n) is 6.78. The van der Waals surface area contributed by atoms with Crippen LogP contribution in [0.25, 0.3) is 0 Å². The van der Waals surface area contributed by atoms with Crippen LogP contribution in [0.1, 0.15) is 41.5 Å². The molecule has 1 aromatic rings. The maximum Gasteiger partial charge on any atom is 0.253 e. The molecule has 0 radical (unpaired) electrons. The molecule has 1 saturated heterocycles. The van der Waals surface area contributed by atoms with Crippen molar-refractivity contribution in [2.75, 3.05) is 26.2 Å². The number of nitrogens with zero attached hydrogens (tertiary/aromatic N) is 2. The van der Waals surface area contributed by atoms with E-state index in [-0.39, 0.29) is 11.8 Å². The van der Waals surface area contributed by atoms with Crippen molar-refractivity contribution in [2.24, 2.45) is 11.1 Å². The van der Waals surface area contributed by atoms with Gasteiger partial charge in [0, 0.05) is 42.7 Å². The predicted octanol–water partition coefficient (Wildman–Crippen LogP) is 1.12. The first-order chi connectivity index (χ1) is 10.7. The van der Waals surface area contributed by atoms with Gasteiger partial charge in [0.05, 0.1) is 0 Å². The van der Waals surface area contributed by atoms with Crippen molar-refractivity contribution in [3.8, 4) is 0 Å². The maximum atomic E-state index is 12.5. The summed E-state index contributed by atoms with van der Waals surface area (Å²) >= 11 is 0. The van der Waals surface area contributed by atoms with Gasteiger partial charge in [-0.1, -0.05) is 26.8 Å². The van der Waals surface area contributed by atoms with Crippen LogP contribution in [-0.2, 0) is 4.79 Å². The number of hydrogen-bond donors (Lipinski definition) is 1. The van der Waals surface area contributed by atoms with Crippen LogP contribution in [0.2, 0.25) is 0 Å². The summed E-state index contributed by atoms with van der Waals surface area (Å²) in [4.78, 5) is 39.5. The molecule has 1 aliphatic rings. The van der Waals surface area contributed by atoms with Crippen LogP contribution in [0.4, 0.5) is 0 Å². The van der Waals surface area contributed by atoms with Crippen LogP contribution in [0, 0.1) is 5.41 Å². The van der Waals surface area contributed by atoms with Gasteiger partial charge in [-0.2, -0.15) is 0 Å².